The molecule has 0 saturated heterocycles. The highest BCUT2D eigenvalue weighted by atomic mass is 35.5. The second-order valence-electron chi connectivity index (χ2n) is 7.03. The summed E-state index contributed by atoms with van der Waals surface area (Å²) in [7, 11) is -2.51. The quantitative estimate of drug-likeness (QED) is 0.423. The number of carbonyl (C=O) groups is 1. The Bertz CT molecular complexity index is 1440. The first-order chi connectivity index (χ1) is 15.2. The minimum absolute atomic E-state index is 0.129. The number of carbonyl (C=O) groups excluding carboxylic acids is 1. The summed E-state index contributed by atoms with van der Waals surface area (Å²) in [6, 6.07) is 13.3. The Balaban J connectivity index is 1.66. The highest BCUT2D eigenvalue weighted by Gasteiger charge is 2.19. The van der Waals surface area contributed by atoms with Gasteiger partial charge in [0.15, 0.2) is 0 Å². The van der Waals surface area contributed by atoms with Crippen LogP contribution in [0.3, 0.4) is 0 Å². The van der Waals surface area contributed by atoms with Gasteiger partial charge >= 0.3 is 0 Å². The molecule has 0 aliphatic rings. The van der Waals surface area contributed by atoms with E-state index < -0.39 is 15.9 Å². The number of rotatable bonds is 6. The first kappa shape index (κ1) is 22.3. The molecule has 2 heterocycles. The molecule has 0 spiro atoms. The number of nitrogens with one attached hydrogen (secondary N) is 1. The number of anilines is 1. The summed E-state index contributed by atoms with van der Waals surface area (Å²) >= 11 is 7.57. The summed E-state index contributed by atoms with van der Waals surface area (Å²) in [5.74, 6) is -0.0901. The zero-order valence-electron chi connectivity index (χ0n) is 17.1. The molecule has 0 fully saturated rings. The van der Waals surface area contributed by atoms with Gasteiger partial charge in [0.05, 0.1) is 34.8 Å². The zero-order chi connectivity index (χ0) is 23.0. The van der Waals surface area contributed by atoms with E-state index in [0.29, 0.717) is 22.2 Å². The lowest BCUT2D eigenvalue weighted by molar-refractivity contribution is 0.103. The second kappa shape index (κ2) is 8.55. The number of ether oxygens (including phenoxy) is 1. The van der Waals surface area contributed by atoms with Crippen molar-refractivity contribution in [3.8, 4) is 5.75 Å². The van der Waals surface area contributed by atoms with E-state index in [4.69, 9.17) is 21.5 Å². The molecule has 0 aliphatic carbocycles. The van der Waals surface area contributed by atoms with Crippen molar-refractivity contribution in [3.63, 3.8) is 0 Å². The van der Waals surface area contributed by atoms with Crippen molar-refractivity contribution in [1.82, 2.24) is 9.78 Å². The van der Waals surface area contributed by atoms with Crippen molar-refractivity contribution in [1.29, 1.82) is 0 Å². The van der Waals surface area contributed by atoms with Crippen LogP contribution in [0.1, 0.15) is 20.9 Å². The van der Waals surface area contributed by atoms with E-state index in [9.17, 15) is 13.2 Å². The number of methoxy groups -OCH3 is 1. The Kier molecular flexibility index (Phi) is 5.95. The molecule has 0 saturated carbocycles. The maximum Gasteiger partial charge on any atom is 0.265 e. The molecule has 32 heavy (non-hydrogen) atoms. The third-order valence-corrected chi connectivity index (χ3v) is 7.28. The third-order valence-electron chi connectivity index (χ3n) is 4.86. The van der Waals surface area contributed by atoms with Crippen LogP contribution >= 0.6 is 22.9 Å². The second-order valence-corrected chi connectivity index (χ2v) is 10.0. The number of halogens is 1. The van der Waals surface area contributed by atoms with E-state index in [1.54, 1.807) is 6.07 Å². The lowest BCUT2D eigenvalue weighted by atomic mass is 10.2. The number of aryl methyl sites for hydroxylation is 1. The molecule has 2 aromatic carbocycles. The van der Waals surface area contributed by atoms with E-state index in [1.807, 2.05) is 35.9 Å². The smallest absolute Gasteiger partial charge is 0.265 e. The minimum atomic E-state index is -3.93. The first-order valence-electron chi connectivity index (χ1n) is 9.40. The van der Waals surface area contributed by atoms with E-state index in [0.717, 1.165) is 21.5 Å². The summed E-state index contributed by atoms with van der Waals surface area (Å²) in [5.41, 5.74) is 1.91. The highest BCUT2D eigenvalue weighted by molar-refractivity contribution is 7.89. The Labute approximate surface area is 193 Å². The average molecular weight is 491 g/mol. The molecule has 0 aliphatic heterocycles. The van der Waals surface area contributed by atoms with Gasteiger partial charge in [-0.15, -0.1) is 11.3 Å². The number of primary sulfonamides is 1. The molecular weight excluding hydrogens is 472 g/mol. The van der Waals surface area contributed by atoms with Crippen LogP contribution in [-0.4, -0.2) is 31.2 Å². The Hall–Kier alpha value is -2.92. The summed E-state index contributed by atoms with van der Waals surface area (Å²) in [6.07, 6.45) is 0. The van der Waals surface area contributed by atoms with Gasteiger partial charge in [-0.2, -0.15) is 5.10 Å². The van der Waals surface area contributed by atoms with Gasteiger partial charge in [-0.3, -0.25) is 9.48 Å². The van der Waals surface area contributed by atoms with Crippen LogP contribution in [0.4, 0.5) is 5.69 Å². The normalized spacial score (nSPS) is 11.6. The first-order valence-corrected chi connectivity index (χ1v) is 12.1. The molecule has 3 N–H and O–H groups in total. The van der Waals surface area contributed by atoms with Crippen LogP contribution in [0.2, 0.25) is 5.02 Å². The van der Waals surface area contributed by atoms with E-state index in [1.165, 1.54) is 36.6 Å². The van der Waals surface area contributed by atoms with Gasteiger partial charge in [-0.1, -0.05) is 29.8 Å². The zero-order valence-corrected chi connectivity index (χ0v) is 19.5. The number of hydrogen-bond donors (Lipinski definition) is 2. The number of fused-ring (bicyclic) bond motifs is 1. The summed E-state index contributed by atoms with van der Waals surface area (Å²) in [4.78, 5) is 14.1. The molecule has 11 heteroatoms. The van der Waals surface area contributed by atoms with Crippen molar-refractivity contribution in [2.75, 3.05) is 12.4 Å². The molecule has 8 nitrogen and oxygen atoms in total. The molecule has 2 aromatic heterocycles. The van der Waals surface area contributed by atoms with Gasteiger partial charge in [0.1, 0.15) is 10.6 Å². The topological polar surface area (TPSA) is 116 Å². The monoisotopic (exact) mass is 490 g/mol. The Morgan fingerprint density at radius 2 is 2.00 bits per heavy atom. The number of sulfonamides is 1. The highest BCUT2D eigenvalue weighted by Crippen LogP contribution is 2.32. The number of aromatic nitrogens is 2. The number of hydrogen-bond acceptors (Lipinski definition) is 6. The number of nitrogens with zero attached hydrogens (tertiary/aromatic N) is 2. The van der Waals surface area contributed by atoms with Crippen LogP contribution in [0.5, 0.6) is 5.75 Å². The van der Waals surface area contributed by atoms with Gasteiger partial charge in [0, 0.05) is 10.4 Å². The third kappa shape index (κ3) is 4.35. The number of thiophene rings is 1. The standard InChI is InChI=1S/C21H19ClN4O4S2/c1-12-15-10-19(31-21(15)26(25-12)11-13-5-3-4-6-16(13)22)20(27)24-17-9-14(32(23,28)29)7-8-18(17)30-2/h3-10H,11H2,1-2H3,(H,24,27)(H2,23,28,29). The van der Waals surface area contributed by atoms with Crippen LogP contribution < -0.4 is 15.2 Å². The SMILES string of the molecule is COc1ccc(S(N)(=O)=O)cc1NC(=O)c1cc2c(C)nn(Cc3ccccc3Cl)c2s1. The molecule has 1 amide bonds. The fourth-order valence-electron chi connectivity index (χ4n) is 3.27. The Morgan fingerprint density at radius 1 is 1.25 bits per heavy atom. The summed E-state index contributed by atoms with van der Waals surface area (Å²) < 4.78 is 30.4. The maximum atomic E-state index is 13.0. The summed E-state index contributed by atoms with van der Waals surface area (Å²) in [5, 5.41) is 14.0. The van der Waals surface area contributed by atoms with Crippen molar-refractivity contribution in [2.45, 2.75) is 18.4 Å². The fraction of sp³-hybridized carbons (Fsp3) is 0.143. The molecule has 0 radical (unpaired) electrons. The lowest BCUT2D eigenvalue weighted by Crippen LogP contribution is -2.15. The van der Waals surface area contributed by atoms with E-state index in [2.05, 4.69) is 10.4 Å². The molecule has 166 valence electrons. The molecule has 4 rings (SSSR count). The van der Waals surface area contributed by atoms with Crippen molar-refractivity contribution < 1.29 is 17.9 Å². The molecule has 4 aromatic rings. The predicted molar refractivity (Wildman–Crippen MR) is 125 cm³/mol. The maximum absolute atomic E-state index is 13.0. The van der Waals surface area contributed by atoms with Crippen molar-refractivity contribution in [3.05, 3.63) is 69.7 Å². The molecular formula is C21H19ClN4O4S2. The van der Waals surface area contributed by atoms with Gasteiger partial charge < -0.3 is 10.1 Å². The minimum Gasteiger partial charge on any atom is -0.495 e. The number of nitrogens with two attached hydrogens (primary N) is 1. The van der Waals surface area contributed by atoms with Crippen molar-refractivity contribution >= 4 is 54.8 Å². The lowest BCUT2D eigenvalue weighted by Gasteiger charge is -2.11. The fourth-order valence-corrected chi connectivity index (χ4v) is 5.06. The van der Waals surface area contributed by atoms with Crippen molar-refractivity contribution in [2.24, 2.45) is 5.14 Å². The molecule has 0 bridgehead atoms. The summed E-state index contributed by atoms with van der Waals surface area (Å²) in [6.45, 7) is 2.34. The van der Waals surface area contributed by atoms with Gasteiger partial charge in [0.25, 0.3) is 5.91 Å². The molecule has 0 unspecified atom stereocenters. The number of benzene rings is 2. The van der Waals surface area contributed by atoms with Crippen LogP contribution in [-0.2, 0) is 16.6 Å². The molecule has 0 atom stereocenters. The van der Waals surface area contributed by atoms with E-state index >= 15 is 0 Å². The van der Waals surface area contributed by atoms with Crippen LogP contribution in [0.15, 0.2) is 53.4 Å². The largest absolute Gasteiger partial charge is 0.495 e. The van der Waals surface area contributed by atoms with Gasteiger partial charge in [-0.25, -0.2) is 13.6 Å². The van der Waals surface area contributed by atoms with Crippen LogP contribution in [0.25, 0.3) is 10.2 Å². The van der Waals surface area contributed by atoms with Gasteiger partial charge in [0.2, 0.25) is 10.0 Å². The van der Waals surface area contributed by atoms with Crippen LogP contribution in [0, 0.1) is 6.92 Å². The Morgan fingerprint density at radius 3 is 2.69 bits per heavy atom. The number of amides is 1. The predicted octanol–water partition coefficient (Wildman–Crippen LogP) is 4.02. The van der Waals surface area contributed by atoms with Gasteiger partial charge in [-0.05, 0) is 42.8 Å². The average Bonchev–Trinajstić information content (AvgIpc) is 3.30. The van der Waals surface area contributed by atoms with E-state index in [-0.39, 0.29) is 10.6 Å².